The molecule has 5 rings (SSSR count). The maximum atomic E-state index is 4.69. The molecule has 0 atom stereocenters. The first-order valence-electron chi connectivity index (χ1n) is 9.71. The number of imidazole rings is 1. The lowest BCUT2D eigenvalue weighted by atomic mass is 10.1. The Kier molecular flexibility index (Phi) is 6.45. The fourth-order valence-electron chi connectivity index (χ4n) is 3.94. The molecule has 2 aromatic carbocycles. The van der Waals surface area contributed by atoms with Gasteiger partial charge in [-0.1, -0.05) is 0 Å². The molecule has 30 heavy (non-hydrogen) atoms. The van der Waals surface area contributed by atoms with E-state index in [1.807, 2.05) is 19.1 Å². The van der Waals surface area contributed by atoms with Gasteiger partial charge in [-0.2, -0.15) is 0 Å². The second kappa shape index (κ2) is 8.87. The van der Waals surface area contributed by atoms with Gasteiger partial charge in [0.1, 0.15) is 0 Å². The topological polar surface area (TPSA) is 91.6 Å². The van der Waals surface area contributed by atoms with Crippen molar-refractivity contribution in [1.29, 1.82) is 0 Å². The van der Waals surface area contributed by atoms with Gasteiger partial charge in [-0.15, -0.1) is 12.4 Å². The molecule has 8 heteroatoms. The molecule has 1 aliphatic heterocycles. The molecule has 1 fully saturated rings. The molecular weight excluding hydrogens is 400 g/mol. The zero-order chi connectivity index (χ0) is 19.1. The van der Waals surface area contributed by atoms with Crippen molar-refractivity contribution in [3.63, 3.8) is 0 Å². The molecule has 0 amide bonds. The molecular formula is C22H27ClN6O. The van der Waals surface area contributed by atoms with Crippen molar-refractivity contribution in [2.75, 3.05) is 43.4 Å². The second-order valence-corrected chi connectivity index (χ2v) is 7.53. The average Bonchev–Trinajstić information content (AvgIpc) is 3.18. The highest BCUT2D eigenvalue weighted by Crippen LogP contribution is 2.32. The highest BCUT2D eigenvalue weighted by Gasteiger charge is 2.14. The van der Waals surface area contributed by atoms with E-state index < -0.39 is 0 Å². The normalized spacial score (nSPS) is 14.4. The van der Waals surface area contributed by atoms with Crippen LogP contribution in [0.5, 0.6) is 0 Å². The van der Waals surface area contributed by atoms with Gasteiger partial charge in [0.15, 0.2) is 0 Å². The standard InChI is InChI=1S/C22H24N6.ClH.H2O/c1-15-13-20(21-18(25-15)7-8-19-22(21)24-14-23-19)26-16-3-5-17(6-4-16)28-11-9-27(2)10-12-28;;/h3-8,13-14H,9-12H2,1-2H3,(H,23,24)(H,25,26);1H;1H2. The molecule has 158 valence electrons. The fraction of sp³-hybridized carbons (Fsp3) is 0.273. The van der Waals surface area contributed by atoms with Gasteiger partial charge in [-0.25, -0.2) is 4.98 Å². The molecule has 1 aliphatic rings. The van der Waals surface area contributed by atoms with Crippen molar-refractivity contribution in [3.8, 4) is 0 Å². The molecule has 0 spiro atoms. The van der Waals surface area contributed by atoms with Crippen LogP contribution in [0.15, 0.2) is 48.8 Å². The summed E-state index contributed by atoms with van der Waals surface area (Å²) in [5, 5.41) is 4.67. The largest absolute Gasteiger partial charge is 0.412 e. The van der Waals surface area contributed by atoms with E-state index >= 15 is 0 Å². The number of hydrogen-bond donors (Lipinski definition) is 2. The number of hydrogen-bond acceptors (Lipinski definition) is 5. The van der Waals surface area contributed by atoms with E-state index in [-0.39, 0.29) is 17.9 Å². The van der Waals surface area contributed by atoms with Crippen molar-refractivity contribution in [3.05, 3.63) is 54.5 Å². The number of piperazine rings is 1. The van der Waals surface area contributed by atoms with Crippen LogP contribution in [0.2, 0.25) is 0 Å². The average molecular weight is 427 g/mol. The minimum Gasteiger partial charge on any atom is -0.412 e. The second-order valence-electron chi connectivity index (χ2n) is 7.53. The van der Waals surface area contributed by atoms with Crippen LogP contribution >= 0.6 is 12.4 Å². The highest BCUT2D eigenvalue weighted by molar-refractivity contribution is 6.10. The number of pyridine rings is 1. The van der Waals surface area contributed by atoms with E-state index in [0.717, 1.165) is 65.2 Å². The van der Waals surface area contributed by atoms with Crippen LogP contribution < -0.4 is 10.2 Å². The number of H-pyrrole nitrogens is 1. The molecule has 2 aromatic heterocycles. The maximum Gasteiger partial charge on any atom is 0.0932 e. The summed E-state index contributed by atoms with van der Waals surface area (Å²) in [4.78, 5) is 17.2. The monoisotopic (exact) mass is 426 g/mol. The first-order valence-corrected chi connectivity index (χ1v) is 9.71. The summed E-state index contributed by atoms with van der Waals surface area (Å²) >= 11 is 0. The number of aromatic amines is 1. The van der Waals surface area contributed by atoms with E-state index in [1.54, 1.807) is 6.33 Å². The fourth-order valence-corrected chi connectivity index (χ4v) is 3.94. The van der Waals surface area contributed by atoms with E-state index in [2.05, 4.69) is 62.5 Å². The van der Waals surface area contributed by atoms with Crippen molar-refractivity contribution in [2.45, 2.75) is 6.92 Å². The number of anilines is 3. The summed E-state index contributed by atoms with van der Waals surface area (Å²) in [6, 6.07) is 14.9. The van der Waals surface area contributed by atoms with E-state index in [9.17, 15) is 0 Å². The summed E-state index contributed by atoms with van der Waals surface area (Å²) in [6.07, 6.45) is 1.73. The Balaban J connectivity index is 0.00000128. The van der Waals surface area contributed by atoms with Crippen LogP contribution in [0.1, 0.15) is 5.69 Å². The van der Waals surface area contributed by atoms with Gasteiger partial charge in [0.25, 0.3) is 0 Å². The van der Waals surface area contributed by atoms with Crippen LogP contribution in [0.25, 0.3) is 21.9 Å². The maximum absolute atomic E-state index is 4.69. The third kappa shape index (κ3) is 4.05. The van der Waals surface area contributed by atoms with E-state index in [1.165, 1.54) is 5.69 Å². The van der Waals surface area contributed by atoms with Gasteiger partial charge in [0.2, 0.25) is 0 Å². The Bertz CT molecular complexity index is 1140. The van der Waals surface area contributed by atoms with Crippen LogP contribution in [0.4, 0.5) is 17.1 Å². The molecule has 7 nitrogen and oxygen atoms in total. The van der Waals surface area contributed by atoms with Gasteiger partial charge in [0.05, 0.1) is 28.6 Å². The Morgan fingerprint density at radius 2 is 1.67 bits per heavy atom. The lowest BCUT2D eigenvalue weighted by Crippen LogP contribution is -2.44. The lowest BCUT2D eigenvalue weighted by molar-refractivity contribution is 0.313. The highest BCUT2D eigenvalue weighted by atomic mass is 35.5. The zero-order valence-corrected chi connectivity index (χ0v) is 18.0. The summed E-state index contributed by atoms with van der Waals surface area (Å²) in [6.45, 7) is 6.41. The third-order valence-electron chi connectivity index (χ3n) is 5.51. The number of benzene rings is 2. The predicted molar refractivity (Wildman–Crippen MR) is 126 cm³/mol. The number of rotatable bonds is 3. The van der Waals surface area contributed by atoms with Crippen LogP contribution in [-0.4, -0.2) is 58.6 Å². The van der Waals surface area contributed by atoms with Crippen molar-refractivity contribution >= 4 is 51.4 Å². The van der Waals surface area contributed by atoms with Crippen molar-refractivity contribution in [2.24, 2.45) is 0 Å². The Morgan fingerprint density at radius 3 is 2.40 bits per heavy atom. The molecule has 1 saturated heterocycles. The zero-order valence-electron chi connectivity index (χ0n) is 17.1. The molecule has 0 bridgehead atoms. The lowest BCUT2D eigenvalue weighted by Gasteiger charge is -2.34. The van der Waals surface area contributed by atoms with Crippen LogP contribution in [0.3, 0.4) is 0 Å². The van der Waals surface area contributed by atoms with Gasteiger partial charge >= 0.3 is 0 Å². The third-order valence-corrected chi connectivity index (χ3v) is 5.51. The molecule has 0 saturated carbocycles. The molecule has 3 heterocycles. The number of aromatic nitrogens is 3. The SMILES string of the molecule is Cc1cc(Nc2ccc(N3CCN(C)CC3)cc2)c2c(ccc3nc[nH]c32)n1.Cl.O. The quantitative estimate of drug-likeness (QED) is 0.523. The molecule has 0 aliphatic carbocycles. The number of nitrogens with one attached hydrogen (secondary N) is 2. The summed E-state index contributed by atoms with van der Waals surface area (Å²) in [7, 11) is 2.18. The number of nitrogens with zero attached hydrogens (tertiary/aromatic N) is 4. The first kappa shape index (κ1) is 21.8. The first-order chi connectivity index (χ1) is 13.7. The predicted octanol–water partition coefficient (Wildman–Crippen LogP) is 3.51. The van der Waals surface area contributed by atoms with Crippen LogP contribution in [-0.2, 0) is 0 Å². The minimum atomic E-state index is 0. The van der Waals surface area contributed by atoms with Gasteiger partial charge in [-0.3, -0.25) is 4.98 Å². The molecule has 4 aromatic rings. The van der Waals surface area contributed by atoms with Crippen LogP contribution in [0, 0.1) is 6.92 Å². The summed E-state index contributed by atoms with van der Waals surface area (Å²) in [5.41, 5.74) is 7.32. The van der Waals surface area contributed by atoms with Gasteiger partial charge in [0, 0.05) is 48.6 Å². The number of aryl methyl sites for hydroxylation is 1. The summed E-state index contributed by atoms with van der Waals surface area (Å²) < 4.78 is 0. The number of fused-ring (bicyclic) bond motifs is 3. The number of halogens is 1. The Labute approximate surface area is 181 Å². The summed E-state index contributed by atoms with van der Waals surface area (Å²) in [5.74, 6) is 0. The van der Waals surface area contributed by atoms with E-state index in [0.29, 0.717) is 0 Å². The van der Waals surface area contributed by atoms with E-state index in [4.69, 9.17) is 4.98 Å². The molecule has 0 radical (unpaired) electrons. The smallest absolute Gasteiger partial charge is 0.0932 e. The van der Waals surface area contributed by atoms with Crippen molar-refractivity contribution in [1.82, 2.24) is 19.9 Å². The van der Waals surface area contributed by atoms with Crippen molar-refractivity contribution < 1.29 is 5.48 Å². The Hall–Kier alpha value is -2.87. The van der Waals surface area contributed by atoms with Gasteiger partial charge < -0.3 is 25.6 Å². The molecule has 4 N–H and O–H groups in total. The Morgan fingerprint density at radius 1 is 0.967 bits per heavy atom. The van der Waals surface area contributed by atoms with Gasteiger partial charge in [-0.05, 0) is 56.4 Å². The minimum absolute atomic E-state index is 0. The molecule has 0 unspecified atom stereocenters. The number of likely N-dealkylation sites (N-methyl/N-ethyl adjacent to an activating group) is 1.